The minimum Gasteiger partial charge on any atom is -0.480 e. The van der Waals surface area contributed by atoms with Crippen LogP contribution in [0.25, 0.3) is 0 Å². The molecule has 6 nitrogen and oxygen atoms in total. The quantitative estimate of drug-likeness (QED) is 0.720. The summed E-state index contributed by atoms with van der Waals surface area (Å²) in [6, 6.07) is -0.432. The summed E-state index contributed by atoms with van der Waals surface area (Å²) in [6.45, 7) is 6.98. The van der Waals surface area contributed by atoms with E-state index in [9.17, 15) is 9.59 Å². The highest BCUT2D eigenvalue weighted by Gasteiger charge is 2.27. The topological polar surface area (TPSA) is 64.1 Å². The summed E-state index contributed by atoms with van der Waals surface area (Å²) in [7, 11) is 0. The van der Waals surface area contributed by atoms with E-state index in [2.05, 4.69) is 4.90 Å². The average molecular weight is 255 g/mol. The number of aliphatic carboxylic acids is 1. The molecule has 0 bridgehead atoms. The molecule has 1 amide bonds. The van der Waals surface area contributed by atoms with Gasteiger partial charge in [-0.1, -0.05) is 0 Å². The lowest BCUT2D eigenvalue weighted by molar-refractivity contribution is -0.144. The SMILES string of the molecule is CC(C(=O)O)N1CCN(CC(=O)N2CCC2)CC1. The summed E-state index contributed by atoms with van der Waals surface area (Å²) in [5, 5.41) is 8.94. The molecule has 0 aliphatic carbocycles. The van der Waals surface area contributed by atoms with Gasteiger partial charge in [0, 0.05) is 39.3 Å². The predicted octanol–water partition coefficient (Wildman–Crippen LogP) is -0.691. The van der Waals surface area contributed by atoms with Crippen LogP contribution < -0.4 is 0 Å². The number of carboxylic acid groups (broad SMARTS) is 1. The van der Waals surface area contributed by atoms with Crippen molar-refractivity contribution in [2.24, 2.45) is 0 Å². The molecule has 0 spiro atoms. The summed E-state index contributed by atoms with van der Waals surface area (Å²) in [4.78, 5) is 28.6. The molecule has 2 saturated heterocycles. The van der Waals surface area contributed by atoms with Crippen molar-refractivity contribution >= 4 is 11.9 Å². The van der Waals surface area contributed by atoms with Crippen molar-refractivity contribution in [2.75, 3.05) is 45.8 Å². The largest absolute Gasteiger partial charge is 0.480 e. The third kappa shape index (κ3) is 3.00. The van der Waals surface area contributed by atoms with Crippen LogP contribution in [0.2, 0.25) is 0 Å². The van der Waals surface area contributed by atoms with E-state index in [1.54, 1.807) is 6.92 Å². The normalized spacial score (nSPS) is 23.5. The van der Waals surface area contributed by atoms with Gasteiger partial charge >= 0.3 is 5.97 Å². The fourth-order valence-electron chi connectivity index (χ4n) is 2.32. The average Bonchev–Trinajstić information content (AvgIpc) is 2.26. The van der Waals surface area contributed by atoms with Crippen LogP contribution in [0.3, 0.4) is 0 Å². The van der Waals surface area contributed by atoms with E-state index in [-0.39, 0.29) is 5.91 Å². The molecule has 18 heavy (non-hydrogen) atoms. The summed E-state index contributed by atoms with van der Waals surface area (Å²) >= 11 is 0. The number of likely N-dealkylation sites (tertiary alicyclic amines) is 1. The molecule has 1 atom stereocenters. The maximum atomic E-state index is 11.8. The van der Waals surface area contributed by atoms with E-state index in [0.717, 1.165) is 45.7 Å². The Morgan fingerprint density at radius 3 is 2.17 bits per heavy atom. The van der Waals surface area contributed by atoms with Crippen LogP contribution in [0, 0.1) is 0 Å². The van der Waals surface area contributed by atoms with E-state index in [0.29, 0.717) is 6.54 Å². The van der Waals surface area contributed by atoms with Gasteiger partial charge in [-0.3, -0.25) is 19.4 Å². The second-order valence-electron chi connectivity index (χ2n) is 5.06. The molecule has 6 heteroatoms. The Morgan fingerprint density at radius 1 is 1.11 bits per heavy atom. The zero-order valence-corrected chi connectivity index (χ0v) is 10.8. The number of rotatable bonds is 4. The van der Waals surface area contributed by atoms with Gasteiger partial charge in [-0.05, 0) is 13.3 Å². The van der Waals surface area contributed by atoms with E-state index < -0.39 is 12.0 Å². The standard InChI is InChI=1S/C12H21N3O3/c1-10(12(17)18)14-7-5-13(6-8-14)9-11(16)15-3-2-4-15/h10H,2-9H2,1H3,(H,17,18). The Morgan fingerprint density at radius 2 is 1.72 bits per heavy atom. The van der Waals surface area contributed by atoms with E-state index in [4.69, 9.17) is 5.11 Å². The predicted molar refractivity (Wildman–Crippen MR) is 66.3 cm³/mol. The lowest BCUT2D eigenvalue weighted by Gasteiger charge is -2.38. The molecule has 1 N–H and O–H groups in total. The number of piperazine rings is 1. The summed E-state index contributed by atoms with van der Waals surface area (Å²) in [6.07, 6.45) is 1.12. The second-order valence-corrected chi connectivity index (χ2v) is 5.06. The molecule has 2 rings (SSSR count). The highest BCUT2D eigenvalue weighted by molar-refractivity contribution is 5.79. The number of amides is 1. The zero-order valence-electron chi connectivity index (χ0n) is 10.8. The number of carbonyl (C=O) groups excluding carboxylic acids is 1. The number of carbonyl (C=O) groups is 2. The van der Waals surface area contributed by atoms with Crippen molar-refractivity contribution < 1.29 is 14.7 Å². The Kier molecular flexibility index (Phi) is 4.19. The Balaban J connectivity index is 1.72. The molecule has 0 saturated carbocycles. The highest BCUT2D eigenvalue weighted by Crippen LogP contribution is 2.10. The van der Waals surface area contributed by atoms with Crippen molar-refractivity contribution in [3.63, 3.8) is 0 Å². The summed E-state index contributed by atoms with van der Waals surface area (Å²) in [5.41, 5.74) is 0. The maximum Gasteiger partial charge on any atom is 0.320 e. The van der Waals surface area contributed by atoms with Gasteiger partial charge in [-0.25, -0.2) is 0 Å². The molecule has 2 fully saturated rings. The first-order chi connectivity index (χ1) is 8.58. The molecule has 2 aliphatic rings. The van der Waals surface area contributed by atoms with Crippen LogP contribution in [0.5, 0.6) is 0 Å². The first kappa shape index (κ1) is 13.3. The van der Waals surface area contributed by atoms with Gasteiger partial charge in [0.05, 0.1) is 6.54 Å². The van der Waals surface area contributed by atoms with Gasteiger partial charge in [0.15, 0.2) is 0 Å². The van der Waals surface area contributed by atoms with E-state index in [1.165, 1.54) is 0 Å². The van der Waals surface area contributed by atoms with E-state index in [1.807, 2.05) is 9.80 Å². The Hall–Kier alpha value is -1.14. The molecule has 0 radical (unpaired) electrons. The van der Waals surface area contributed by atoms with Crippen LogP contribution >= 0.6 is 0 Å². The Labute approximate surface area is 107 Å². The number of nitrogens with zero attached hydrogens (tertiary/aromatic N) is 3. The van der Waals surface area contributed by atoms with Gasteiger partial charge in [0.25, 0.3) is 0 Å². The van der Waals surface area contributed by atoms with Crippen molar-refractivity contribution in [3.8, 4) is 0 Å². The zero-order chi connectivity index (χ0) is 13.1. The lowest BCUT2D eigenvalue weighted by atomic mass is 10.2. The monoisotopic (exact) mass is 255 g/mol. The lowest BCUT2D eigenvalue weighted by Crippen LogP contribution is -2.54. The van der Waals surface area contributed by atoms with Gasteiger partial charge in [0.2, 0.25) is 5.91 Å². The van der Waals surface area contributed by atoms with Crippen LogP contribution in [0.15, 0.2) is 0 Å². The molecule has 1 unspecified atom stereocenters. The Bertz CT molecular complexity index is 323. The molecule has 2 heterocycles. The molecule has 102 valence electrons. The minimum atomic E-state index is -0.778. The third-order valence-electron chi connectivity index (χ3n) is 3.88. The number of carboxylic acids is 1. The molecule has 0 aromatic rings. The van der Waals surface area contributed by atoms with Crippen molar-refractivity contribution in [1.29, 1.82) is 0 Å². The van der Waals surface area contributed by atoms with Gasteiger partial charge in [0.1, 0.15) is 6.04 Å². The van der Waals surface area contributed by atoms with Crippen LogP contribution in [0.4, 0.5) is 0 Å². The third-order valence-corrected chi connectivity index (χ3v) is 3.88. The fraction of sp³-hybridized carbons (Fsp3) is 0.833. The van der Waals surface area contributed by atoms with E-state index >= 15 is 0 Å². The van der Waals surface area contributed by atoms with Crippen molar-refractivity contribution in [3.05, 3.63) is 0 Å². The molecular weight excluding hydrogens is 234 g/mol. The molecule has 0 aromatic carbocycles. The first-order valence-electron chi connectivity index (χ1n) is 6.55. The smallest absolute Gasteiger partial charge is 0.320 e. The van der Waals surface area contributed by atoms with Crippen LogP contribution in [-0.2, 0) is 9.59 Å². The molecular formula is C12H21N3O3. The van der Waals surface area contributed by atoms with Gasteiger partial charge in [-0.15, -0.1) is 0 Å². The number of hydrogen-bond acceptors (Lipinski definition) is 4. The van der Waals surface area contributed by atoms with Crippen LogP contribution in [-0.4, -0.2) is 83.5 Å². The molecule has 0 aromatic heterocycles. The fourth-order valence-corrected chi connectivity index (χ4v) is 2.32. The highest BCUT2D eigenvalue weighted by atomic mass is 16.4. The van der Waals surface area contributed by atoms with Crippen molar-refractivity contribution in [2.45, 2.75) is 19.4 Å². The van der Waals surface area contributed by atoms with Crippen molar-refractivity contribution in [1.82, 2.24) is 14.7 Å². The van der Waals surface area contributed by atoms with Gasteiger partial charge in [-0.2, -0.15) is 0 Å². The summed E-state index contributed by atoms with van der Waals surface area (Å²) < 4.78 is 0. The van der Waals surface area contributed by atoms with Gasteiger partial charge < -0.3 is 10.0 Å². The summed E-state index contributed by atoms with van der Waals surface area (Å²) in [5.74, 6) is -0.568. The first-order valence-corrected chi connectivity index (χ1v) is 6.55. The van der Waals surface area contributed by atoms with Crippen LogP contribution in [0.1, 0.15) is 13.3 Å². The molecule has 2 aliphatic heterocycles. The minimum absolute atomic E-state index is 0.209. The maximum absolute atomic E-state index is 11.8. The second kappa shape index (κ2) is 5.67. The number of hydrogen-bond donors (Lipinski definition) is 1.